The highest BCUT2D eigenvalue weighted by atomic mass is 35.5. The highest BCUT2D eigenvalue weighted by molar-refractivity contribution is 6.30. The zero-order chi connectivity index (χ0) is 14.0. The van der Waals surface area contributed by atoms with E-state index in [0.29, 0.717) is 6.42 Å². The fourth-order valence-electron chi connectivity index (χ4n) is 2.03. The van der Waals surface area contributed by atoms with Crippen molar-refractivity contribution in [3.05, 3.63) is 69.5 Å². The Balaban J connectivity index is 2.17. The number of nitrogens with two attached hydrogens (primary N) is 1. The van der Waals surface area contributed by atoms with Gasteiger partial charge >= 0.3 is 0 Å². The Bertz CT molecular complexity index is 595. The second-order valence-electron chi connectivity index (χ2n) is 4.90. The van der Waals surface area contributed by atoms with Crippen molar-refractivity contribution in [3.63, 3.8) is 0 Å². The van der Waals surface area contributed by atoms with Crippen LogP contribution in [0.4, 0.5) is 4.39 Å². The number of hydrogen-bond donors (Lipinski definition) is 1. The first kappa shape index (κ1) is 14.0. The molecule has 0 aliphatic heterocycles. The summed E-state index contributed by atoms with van der Waals surface area (Å²) in [5.41, 5.74) is 10.7. The van der Waals surface area contributed by atoms with Crippen molar-refractivity contribution in [3.8, 4) is 0 Å². The van der Waals surface area contributed by atoms with Gasteiger partial charge in [0.15, 0.2) is 0 Å². The minimum absolute atomic E-state index is 0.110. The highest BCUT2D eigenvalue weighted by Gasteiger charge is 2.09. The third-order valence-corrected chi connectivity index (χ3v) is 3.69. The maximum Gasteiger partial charge on any atom is 0.141 e. The van der Waals surface area contributed by atoms with Crippen molar-refractivity contribution in [2.24, 2.45) is 5.73 Å². The van der Waals surface area contributed by atoms with Crippen LogP contribution in [0.25, 0.3) is 0 Å². The summed E-state index contributed by atoms with van der Waals surface area (Å²) >= 11 is 5.77. The lowest BCUT2D eigenvalue weighted by molar-refractivity contribution is 0.626. The molecule has 0 aromatic heterocycles. The van der Waals surface area contributed by atoms with Crippen LogP contribution < -0.4 is 5.73 Å². The van der Waals surface area contributed by atoms with Gasteiger partial charge in [0.1, 0.15) is 5.82 Å². The molecule has 3 heteroatoms. The number of hydrogen-bond acceptors (Lipinski definition) is 1. The van der Waals surface area contributed by atoms with Crippen molar-refractivity contribution >= 4 is 11.6 Å². The Morgan fingerprint density at radius 1 is 1.11 bits per heavy atom. The second kappa shape index (κ2) is 5.72. The molecule has 100 valence electrons. The molecule has 0 saturated carbocycles. The molecule has 0 heterocycles. The monoisotopic (exact) mass is 277 g/mol. The largest absolute Gasteiger partial charge is 0.324 e. The highest BCUT2D eigenvalue weighted by Crippen LogP contribution is 2.22. The van der Waals surface area contributed by atoms with Gasteiger partial charge in [-0.15, -0.1) is 0 Å². The molecule has 0 aliphatic carbocycles. The van der Waals surface area contributed by atoms with Crippen molar-refractivity contribution in [1.29, 1.82) is 0 Å². The molecule has 2 aromatic carbocycles. The van der Waals surface area contributed by atoms with Gasteiger partial charge in [0.05, 0.1) is 5.02 Å². The first-order valence-electron chi connectivity index (χ1n) is 6.24. The average molecular weight is 278 g/mol. The topological polar surface area (TPSA) is 26.0 Å². The molecule has 2 rings (SSSR count). The smallest absolute Gasteiger partial charge is 0.141 e. The van der Waals surface area contributed by atoms with E-state index in [1.807, 2.05) is 6.07 Å². The summed E-state index contributed by atoms with van der Waals surface area (Å²) in [5.74, 6) is -0.398. The van der Waals surface area contributed by atoms with Crippen molar-refractivity contribution in [2.45, 2.75) is 26.3 Å². The summed E-state index contributed by atoms with van der Waals surface area (Å²) < 4.78 is 13.1. The number of benzene rings is 2. The lowest BCUT2D eigenvalue weighted by atomic mass is 9.97. The molecule has 0 radical (unpaired) electrons. The lowest BCUT2D eigenvalue weighted by Gasteiger charge is -2.14. The second-order valence-corrected chi connectivity index (χ2v) is 5.31. The maximum absolute atomic E-state index is 13.1. The van der Waals surface area contributed by atoms with Crippen LogP contribution in [0.2, 0.25) is 5.02 Å². The lowest BCUT2D eigenvalue weighted by Crippen LogP contribution is -2.13. The standard InChI is InChI=1S/C16H17ClFN/c1-10-3-5-13(7-11(10)2)16(19)9-12-4-6-15(18)14(17)8-12/h3-8,16H,9,19H2,1-2H3. The molecule has 1 nitrogen and oxygen atoms in total. The molecule has 1 unspecified atom stereocenters. The fraction of sp³-hybridized carbons (Fsp3) is 0.250. The molecule has 1 atom stereocenters. The molecule has 0 bridgehead atoms. The molecule has 0 spiro atoms. The molecule has 0 fully saturated rings. The average Bonchev–Trinajstić information content (AvgIpc) is 2.37. The predicted molar refractivity (Wildman–Crippen MR) is 78.0 cm³/mol. The Kier molecular flexibility index (Phi) is 4.23. The van der Waals surface area contributed by atoms with Crippen LogP contribution in [0.5, 0.6) is 0 Å². The van der Waals surface area contributed by atoms with Crippen LogP contribution in [0.3, 0.4) is 0 Å². The van der Waals surface area contributed by atoms with Gasteiger partial charge in [-0.05, 0) is 54.7 Å². The Labute approximate surface area is 118 Å². The summed E-state index contributed by atoms with van der Waals surface area (Å²) in [4.78, 5) is 0. The molecule has 2 aromatic rings. The van der Waals surface area contributed by atoms with Gasteiger partial charge in [-0.1, -0.05) is 35.9 Å². The van der Waals surface area contributed by atoms with Gasteiger partial charge < -0.3 is 5.73 Å². The zero-order valence-corrected chi connectivity index (χ0v) is 11.8. The summed E-state index contributed by atoms with van der Waals surface area (Å²) in [6, 6.07) is 10.8. The third kappa shape index (κ3) is 3.34. The number of halogens is 2. The molecule has 0 amide bonds. The van der Waals surface area contributed by atoms with E-state index in [2.05, 4.69) is 26.0 Å². The molecular formula is C16H17ClFN. The normalized spacial score (nSPS) is 12.5. The molecule has 2 N–H and O–H groups in total. The van der Waals surface area contributed by atoms with E-state index in [1.54, 1.807) is 12.1 Å². The predicted octanol–water partition coefficient (Wildman–Crippen LogP) is 4.34. The summed E-state index contributed by atoms with van der Waals surface area (Å²) in [7, 11) is 0. The van der Waals surface area contributed by atoms with Crippen LogP contribution in [0.15, 0.2) is 36.4 Å². The van der Waals surface area contributed by atoms with Crippen molar-refractivity contribution < 1.29 is 4.39 Å². The molecule has 0 saturated heterocycles. The third-order valence-electron chi connectivity index (χ3n) is 3.40. The van der Waals surface area contributed by atoms with E-state index in [-0.39, 0.29) is 11.1 Å². The van der Waals surface area contributed by atoms with Crippen LogP contribution in [-0.2, 0) is 6.42 Å². The maximum atomic E-state index is 13.1. The summed E-state index contributed by atoms with van der Waals surface area (Å²) in [5, 5.41) is 0.143. The molecule has 19 heavy (non-hydrogen) atoms. The molecule has 0 aliphatic rings. The van der Waals surface area contributed by atoms with E-state index in [4.69, 9.17) is 17.3 Å². The van der Waals surface area contributed by atoms with Gasteiger partial charge in [0.2, 0.25) is 0 Å². The Morgan fingerprint density at radius 2 is 1.84 bits per heavy atom. The SMILES string of the molecule is Cc1ccc(C(N)Cc2ccc(F)c(Cl)c2)cc1C. The van der Waals surface area contributed by atoms with Crippen molar-refractivity contribution in [2.75, 3.05) is 0 Å². The van der Waals surface area contributed by atoms with Gasteiger partial charge in [0.25, 0.3) is 0 Å². The summed E-state index contributed by atoms with van der Waals surface area (Å²) in [6.07, 6.45) is 0.641. The first-order valence-corrected chi connectivity index (χ1v) is 6.62. The van der Waals surface area contributed by atoms with E-state index in [1.165, 1.54) is 17.2 Å². The van der Waals surface area contributed by atoms with Gasteiger partial charge in [0, 0.05) is 6.04 Å². The summed E-state index contributed by atoms with van der Waals surface area (Å²) in [6.45, 7) is 4.14. The Hall–Kier alpha value is -1.38. The first-order chi connectivity index (χ1) is 8.97. The van der Waals surface area contributed by atoms with Crippen LogP contribution in [0, 0.1) is 19.7 Å². The van der Waals surface area contributed by atoms with E-state index in [0.717, 1.165) is 11.1 Å². The minimum atomic E-state index is -0.398. The van der Waals surface area contributed by atoms with Crippen LogP contribution in [0.1, 0.15) is 28.3 Å². The quantitative estimate of drug-likeness (QED) is 0.887. The van der Waals surface area contributed by atoms with E-state index < -0.39 is 5.82 Å². The van der Waals surface area contributed by atoms with Gasteiger partial charge in [-0.2, -0.15) is 0 Å². The number of rotatable bonds is 3. The van der Waals surface area contributed by atoms with Crippen LogP contribution >= 0.6 is 11.6 Å². The number of aryl methyl sites for hydroxylation is 2. The van der Waals surface area contributed by atoms with E-state index in [9.17, 15) is 4.39 Å². The zero-order valence-electron chi connectivity index (χ0n) is 11.1. The van der Waals surface area contributed by atoms with Crippen LogP contribution in [-0.4, -0.2) is 0 Å². The van der Waals surface area contributed by atoms with Gasteiger partial charge in [-0.3, -0.25) is 0 Å². The minimum Gasteiger partial charge on any atom is -0.324 e. The van der Waals surface area contributed by atoms with Crippen molar-refractivity contribution in [1.82, 2.24) is 0 Å². The molecular weight excluding hydrogens is 261 g/mol. The fourth-order valence-corrected chi connectivity index (χ4v) is 2.24. The Morgan fingerprint density at radius 3 is 2.47 bits per heavy atom. The van der Waals surface area contributed by atoms with E-state index >= 15 is 0 Å². The van der Waals surface area contributed by atoms with Gasteiger partial charge in [-0.25, -0.2) is 4.39 Å².